The van der Waals surface area contributed by atoms with Crippen molar-refractivity contribution >= 4 is 28.9 Å². The SMILES string of the molecule is CCN(CCCO)c1cc2c(cc1Cl)C(N)C(=O)N2. The fraction of sp³-hybridized carbons (Fsp3) is 0.462. The zero-order valence-corrected chi connectivity index (χ0v) is 11.6. The fourth-order valence-corrected chi connectivity index (χ4v) is 2.54. The maximum absolute atomic E-state index is 11.5. The lowest BCUT2D eigenvalue weighted by molar-refractivity contribution is -0.116. The van der Waals surface area contributed by atoms with Gasteiger partial charge in [-0.25, -0.2) is 0 Å². The van der Waals surface area contributed by atoms with Crippen LogP contribution >= 0.6 is 11.6 Å². The van der Waals surface area contributed by atoms with Crippen LogP contribution in [0.2, 0.25) is 5.02 Å². The van der Waals surface area contributed by atoms with E-state index in [9.17, 15) is 4.79 Å². The second kappa shape index (κ2) is 5.77. The van der Waals surface area contributed by atoms with Gasteiger partial charge in [-0.05, 0) is 25.5 Å². The number of benzene rings is 1. The van der Waals surface area contributed by atoms with Gasteiger partial charge in [-0.1, -0.05) is 11.6 Å². The number of nitrogens with one attached hydrogen (secondary N) is 1. The normalized spacial score (nSPS) is 17.3. The number of hydrogen-bond acceptors (Lipinski definition) is 4. The van der Waals surface area contributed by atoms with E-state index in [0.717, 1.165) is 23.5 Å². The quantitative estimate of drug-likeness (QED) is 0.765. The van der Waals surface area contributed by atoms with E-state index < -0.39 is 6.04 Å². The van der Waals surface area contributed by atoms with Gasteiger partial charge in [0.1, 0.15) is 6.04 Å². The number of aliphatic hydroxyl groups excluding tert-OH is 1. The molecule has 1 aromatic rings. The molecule has 19 heavy (non-hydrogen) atoms. The van der Waals surface area contributed by atoms with E-state index in [-0.39, 0.29) is 12.5 Å². The topological polar surface area (TPSA) is 78.6 Å². The van der Waals surface area contributed by atoms with Gasteiger partial charge in [-0.15, -0.1) is 0 Å². The lowest BCUT2D eigenvalue weighted by atomic mass is 10.1. The van der Waals surface area contributed by atoms with Crippen LogP contribution in [-0.2, 0) is 4.79 Å². The first kappa shape index (κ1) is 14.1. The Kier molecular flexibility index (Phi) is 4.29. The predicted molar refractivity (Wildman–Crippen MR) is 76.6 cm³/mol. The summed E-state index contributed by atoms with van der Waals surface area (Å²) in [6.07, 6.45) is 0.674. The van der Waals surface area contributed by atoms with Gasteiger partial charge in [0.25, 0.3) is 0 Å². The summed E-state index contributed by atoms with van der Waals surface area (Å²) in [5.41, 5.74) is 8.09. The number of carbonyl (C=O) groups is 1. The molecule has 4 N–H and O–H groups in total. The van der Waals surface area contributed by atoms with Crippen LogP contribution < -0.4 is 16.0 Å². The Bertz CT molecular complexity index is 493. The number of amides is 1. The van der Waals surface area contributed by atoms with Crippen molar-refractivity contribution in [2.24, 2.45) is 5.73 Å². The molecule has 0 radical (unpaired) electrons. The van der Waals surface area contributed by atoms with Gasteiger partial charge in [-0.2, -0.15) is 0 Å². The second-order valence-electron chi connectivity index (χ2n) is 4.51. The molecule has 0 saturated heterocycles. The predicted octanol–water partition coefficient (Wildman–Crippen LogP) is 1.50. The van der Waals surface area contributed by atoms with Crippen LogP contribution in [0.4, 0.5) is 11.4 Å². The number of anilines is 2. The maximum atomic E-state index is 11.5. The van der Waals surface area contributed by atoms with Crippen LogP contribution in [-0.4, -0.2) is 30.7 Å². The Morgan fingerprint density at radius 3 is 2.89 bits per heavy atom. The zero-order valence-electron chi connectivity index (χ0n) is 10.8. The third-order valence-corrected chi connectivity index (χ3v) is 3.61. The third-order valence-electron chi connectivity index (χ3n) is 3.30. The summed E-state index contributed by atoms with van der Waals surface area (Å²) in [6, 6.07) is 2.95. The number of carbonyl (C=O) groups excluding carboxylic acids is 1. The van der Waals surface area contributed by atoms with E-state index in [4.69, 9.17) is 22.4 Å². The molecule has 2 rings (SSSR count). The Labute approximate surface area is 117 Å². The van der Waals surface area contributed by atoms with E-state index >= 15 is 0 Å². The van der Waals surface area contributed by atoms with Crippen LogP contribution in [0.3, 0.4) is 0 Å². The number of rotatable bonds is 5. The smallest absolute Gasteiger partial charge is 0.245 e. The summed E-state index contributed by atoms with van der Waals surface area (Å²) < 4.78 is 0. The van der Waals surface area contributed by atoms with Crippen LogP contribution in [0.1, 0.15) is 24.9 Å². The molecule has 1 unspecified atom stereocenters. The van der Waals surface area contributed by atoms with Gasteiger partial charge in [-0.3, -0.25) is 4.79 Å². The Hall–Kier alpha value is -1.30. The average molecular weight is 284 g/mol. The van der Waals surface area contributed by atoms with Gasteiger partial charge in [0.15, 0.2) is 0 Å². The summed E-state index contributed by atoms with van der Waals surface area (Å²) in [4.78, 5) is 13.6. The number of fused-ring (bicyclic) bond motifs is 1. The molecule has 1 aromatic carbocycles. The van der Waals surface area contributed by atoms with Crippen molar-refractivity contribution < 1.29 is 9.90 Å². The second-order valence-corrected chi connectivity index (χ2v) is 4.92. The van der Waals surface area contributed by atoms with Gasteiger partial charge < -0.3 is 21.1 Å². The number of aliphatic hydroxyl groups is 1. The third kappa shape index (κ3) is 2.68. The molecule has 0 bridgehead atoms. The van der Waals surface area contributed by atoms with Gasteiger partial charge >= 0.3 is 0 Å². The molecule has 1 atom stereocenters. The summed E-state index contributed by atoms with van der Waals surface area (Å²) in [5.74, 6) is -0.207. The van der Waals surface area contributed by atoms with Crippen molar-refractivity contribution in [3.63, 3.8) is 0 Å². The van der Waals surface area contributed by atoms with Crippen molar-refractivity contribution in [3.8, 4) is 0 Å². The van der Waals surface area contributed by atoms with Crippen LogP contribution in [0.25, 0.3) is 0 Å². The molecule has 1 heterocycles. The molecule has 0 aromatic heterocycles. The molecule has 1 amide bonds. The lowest BCUT2D eigenvalue weighted by Crippen LogP contribution is -2.25. The first-order chi connectivity index (χ1) is 9.08. The minimum atomic E-state index is -0.644. The van der Waals surface area contributed by atoms with E-state index in [1.165, 1.54) is 0 Å². The van der Waals surface area contributed by atoms with Crippen molar-refractivity contribution in [1.82, 2.24) is 0 Å². The Balaban J connectivity index is 2.32. The van der Waals surface area contributed by atoms with Gasteiger partial charge in [0.05, 0.1) is 10.7 Å². The minimum Gasteiger partial charge on any atom is -0.396 e. The maximum Gasteiger partial charge on any atom is 0.245 e. The first-order valence-corrected chi connectivity index (χ1v) is 6.72. The highest BCUT2D eigenvalue weighted by Crippen LogP contribution is 2.38. The van der Waals surface area contributed by atoms with Crippen molar-refractivity contribution in [2.45, 2.75) is 19.4 Å². The molecule has 5 nitrogen and oxygen atoms in total. The minimum absolute atomic E-state index is 0.140. The van der Waals surface area contributed by atoms with E-state index in [0.29, 0.717) is 18.0 Å². The summed E-state index contributed by atoms with van der Waals surface area (Å²) >= 11 is 6.27. The highest BCUT2D eigenvalue weighted by Gasteiger charge is 2.28. The number of halogens is 1. The van der Waals surface area contributed by atoms with Crippen LogP contribution in [0.5, 0.6) is 0 Å². The van der Waals surface area contributed by atoms with Gasteiger partial charge in [0.2, 0.25) is 5.91 Å². The highest BCUT2D eigenvalue weighted by atomic mass is 35.5. The van der Waals surface area contributed by atoms with Crippen molar-refractivity contribution in [2.75, 3.05) is 29.9 Å². The molecular weight excluding hydrogens is 266 g/mol. The largest absolute Gasteiger partial charge is 0.396 e. The average Bonchev–Trinajstić information content (AvgIpc) is 2.66. The monoisotopic (exact) mass is 283 g/mol. The molecule has 0 fully saturated rings. The first-order valence-electron chi connectivity index (χ1n) is 6.34. The molecule has 0 aliphatic carbocycles. The molecule has 0 spiro atoms. The molecule has 0 saturated carbocycles. The molecule has 6 heteroatoms. The van der Waals surface area contributed by atoms with Crippen molar-refractivity contribution in [3.05, 3.63) is 22.7 Å². The standard InChI is InChI=1S/C13H18ClN3O2/c1-2-17(4-3-5-18)11-7-10-8(6-9(11)14)12(15)13(19)16-10/h6-7,12,18H,2-5,15H2,1H3,(H,16,19). The Morgan fingerprint density at radius 2 is 2.26 bits per heavy atom. The summed E-state index contributed by atoms with van der Waals surface area (Å²) in [5, 5.41) is 12.2. The number of nitrogens with two attached hydrogens (primary N) is 1. The summed E-state index contributed by atoms with van der Waals surface area (Å²) in [7, 11) is 0. The van der Waals surface area contributed by atoms with E-state index in [1.807, 2.05) is 13.0 Å². The van der Waals surface area contributed by atoms with E-state index in [2.05, 4.69) is 10.2 Å². The molecule has 1 aliphatic heterocycles. The Morgan fingerprint density at radius 1 is 1.53 bits per heavy atom. The molecule has 1 aliphatic rings. The fourth-order valence-electron chi connectivity index (χ4n) is 2.25. The van der Waals surface area contributed by atoms with E-state index in [1.54, 1.807) is 6.07 Å². The van der Waals surface area contributed by atoms with Crippen LogP contribution in [0, 0.1) is 0 Å². The van der Waals surface area contributed by atoms with Crippen LogP contribution in [0.15, 0.2) is 12.1 Å². The molecular formula is C13H18ClN3O2. The van der Waals surface area contributed by atoms with Gasteiger partial charge in [0, 0.05) is 30.9 Å². The molecule has 104 valence electrons. The lowest BCUT2D eigenvalue weighted by Gasteiger charge is -2.24. The summed E-state index contributed by atoms with van der Waals surface area (Å²) in [6.45, 7) is 3.65. The number of hydrogen-bond donors (Lipinski definition) is 3. The number of nitrogens with zero attached hydrogens (tertiary/aromatic N) is 1. The zero-order chi connectivity index (χ0) is 14.0. The van der Waals surface area contributed by atoms with Crippen molar-refractivity contribution in [1.29, 1.82) is 0 Å². The highest BCUT2D eigenvalue weighted by molar-refractivity contribution is 6.33.